The fourth-order valence-electron chi connectivity index (χ4n) is 1.96. The lowest BCUT2D eigenvalue weighted by molar-refractivity contribution is 0.715. The van der Waals surface area contributed by atoms with Gasteiger partial charge in [-0.05, 0) is 35.8 Å². The highest BCUT2D eigenvalue weighted by atomic mass is 32.2. The van der Waals surface area contributed by atoms with Crippen molar-refractivity contribution in [2.24, 2.45) is 10.9 Å². The van der Waals surface area contributed by atoms with E-state index < -0.39 is 0 Å². The van der Waals surface area contributed by atoms with Gasteiger partial charge in [0.05, 0.1) is 5.69 Å². The number of aliphatic imine (C=N–C) groups is 1. The lowest BCUT2D eigenvalue weighted by Gasteiger charge is -2.18. The minimum absolute atomic E-state index is 0.566. The van der Waals surface area contributed by atoms with E-state index in [0.717, 1.165) is 17.9 Å². The first-order chi connectivity index (χ1) is 8.81. The first-order valence-corrected chi connectivity index (χ1v) is 7.43. The van der Waals surface area contributed by atoms with Crippen LogP contribution in [0, 0.1) is 5.92 Å². The Morgan fingerprint density at radius 2 is 2.11 bits per heavy atom. The summed E-state index contributed by atoms with van der Waals surface area (Å²) in [7, 11) is 0. The van der Waals surface area contributed by atoms with Gasteiger partial charge in [-0.3, -0.25) is 0 Å². The molecule has 1 aromatic rings. The summed E-state index contributed by atoms with van der Waals surface area (Å²) < 4.78 is 0. The van der Waals surface area contributed by atoms with Crippen LogP contribution in [0.5, 0.6) is 0 Å². The zero-order valence-corrected chi connectivity index (χ0v) is 11.8. The van der Waals surface area contributed by atoms with Crippen molar-refractivity contribution in [2.75, 3.05) is 5.75 Å². The molecule has 0 spiro atoms. The molecule has 0 N–H and O–H groups in total. The maximum absolute atomic E-state index is 4.80. The Labute approximate surface area is 114 Å². The van der Waals surface area contributed by atoms with Crippen molar-refractivity contribution in [1.29, 1.82) is 0 Å². The molecule has 0 heterocycles. The van der Waals surface area contributed by atoms with E-state index in [9.17, 15) is 0 Å². The van der Waals surface area contributed by atoms with Crippen LogP contribution < -0.4 is 0 Å². The van der Waals surface area contributed by atoms with Crippen molar-refractivity contribution in [1.82, 2.24) is 0 Å². The molecule has 0 amide bonds. The molecule has 1 aliphatic carbocycles. The van der Waals surface area contributed by atoms with Crippen LogP contribution in [0.1, 0.15) is 20.3 Å². The van der Waals surface area contributed by atoms with Crippen LogP contribution in [-0.4, -0.2) is 10.8 Å². The van der Waals surface area contributed by atoms with Crippen LogP contribution in [0.15, 0.2) is 59.1 Å². The van der Waals surface area contributed by atoms with Crippen LogP contribution in [0.25, 0.3) is 0 Å². The van der Waals surface area contributed by atoms with Crippen molar-refractivity contribution in [3.63, 3.8) is 0 Å². The van der Waals surface area contributed by atoms with Crippen LogP contribution in [-0.2, 0) is 0 Å². The average Bonchev–Trinajstić information content (AvgIpc) is 2.40. The Morgan fingerprint density at radius 1 is 1.33 bits per heavy atom. The van der Waals surface area contributed by atoms with Gasteiger partial charge in [0.2, 0.25) is 0 Å². The summed E-state index contributed by atoms with van der Waals surface area (Å²) in [5, 5.41) is 1.17. The van der Waals surface area contributed by atoms with E-state index in [1.165, 1.54) is 10.6 Å². The number of para-hydroxylation sites is 1. The molecule has 1 unspecified atom stereocenters. The summed E-state index contributed by atoms with van der Waals surface area (Å²) in [4.78, 5) is 4.80. The van der Waals surface area contributed by atoms with E-state index in [1.54, 1.807) is 0 Å². The predicted octanol–water partition coefficient (Wildman–Crippen LogP) is 4.99. The van der Waals surface area contributed by atoms with Gasteiger partial charge in [0.1, 0.15) is 5.04 Å². The van der Waals surface area contributed by atoms with Crippen LogP contribution in [0.2, 0.25) is 0 Å². The van der Waals surface area contributed by atoms with Crippen molar-refractivity contribution < 1.29 is 0 Å². The molecule has 0 aromatic heterocycles. The maximum atomic E-state index is 4.80. The molecule has 1 aromatic carbocycles. The minimum atomic E-state index is 0.566. The van der Waals surface area contributed by atoms with E-state index in [-0.39, 0.29) is 0 Å². The minimum Gasteiger partial charge on any atom is -0.242 e. The Kier molecular flexibility index (Phi) is 4.82. The molecule has 0 fully saturated rings. The summed E-state index contributed by atoms with van der Waals surface area (Å²) in [6.45, 7) is 4.45. The number of rotatable bonds is 3. The van der Waals surface area contributed by atoms with Crippen LogP contribution in [0.3, 0.4) is 0 Å². The third-order valence-electron chi connectivity index (χ3n) is 2.95. The number of hydrogen-bond acceptors (Lipinski definition) is 2. The highest BCUT2D eigenvalue weighted by Gasteiger charge is 2.15. The zero-order chi connectivity index (χ0) is 12.8. The molecule has 1 atom stereocenters. The molecule has 94 valence electrons. The fraction of sp³-hybridized carbons (Fsp3) is 0.312. The van der Waals surface area contributed by atoms with Gasteiger partial charge in [-0.1, -0.05) is 50.3 Å². The molecule has 0 saturated carbocycles. The molecule has 0 radical (unpaired) electrons. The van der Waals surface area contributed by atoms with Gasteiger partial charge in [0, 0.05) is 0 Å². The van der Waals surface area contributed by atoms with Crippen LogP contribution >= 0.6 is 11.8 Å². The molecule has 0 saturated heterocycles. The Hall–Kier alpha value is -1.28. The quantitative estimate of drug-likeness (QED) is 0.549. The van der Waals surface area contributed by atoms with Gasteiger partial charge in [-0.2, -0.15) is 0 Å². The van der Waals surface area contributed by atoms with Gasteiger partial charge >= 0.3 is 0 Å². The van der Waals surface area contributed by atoms with E-state index in [1.807, 2.05) is 30.0 Å². The highest BCUT2D eigenvalue weighted by Crippen LogP contribution is 2.28. The van der Waals surface area contributed by atoms with E-state index in [0.29, 0.717) is 5.92 Å². The van der Waals surface area contributed by atoms with Gasteiger partial charge in [0.15, 0.2) is 0 Å². The normalized spacial score (nSPS) is 19.8. The fourth-order valence-corrected chi connectivity index (χ4v) is 2.84. The second-order valence-corrected chi connectivity index (χ2v) is 5.63. The summed E-state index contributed by atoms with van der Waals surface area (Å²) in [5.74, 6) is 1.62. The third-order valence-corrected chi connectivity index (χ3v) is 3.84. The van der Waals surface area contributed by atoms with Gasteiger partial charge in [0.25, 0.3) is 0 Å². The number of allylic oxidation sites excluding steroid dienone is 3. The standard InChI is InChI=1S/C16H19NS/c1-3-18-16(15-12-8-7-9-13(15)2)17-14-10-5-4-6-11-14/h4-8,10-13H,3,9H2,1-2H3. The molecule has 1 aliphatic rings. The Bertz CT molecular complexity index is 471. The number of hydrogen-bond donors (Lipinski definition) is 0. The molecule has 0 aliphatic heterocycles. The Balaban J connectivity index is 2.31. The van der Waals surface area contributed by atoms with Crippen molar-refractivity contribution in [3.8, 4) is 0 Å². The first kappa shape index (κ1) is 13.2. The van der Waals surface area contributed by atoms with Gasteiger partial charge in [-0.15, -0.1) is 11.8 Å². The monoisotopic (exact) mass is 257 g/mol. The van der Waals surface area contributed by atoms with Crippen molar-refractivity contribution >= 4 is 22.5 Å². The van der Waals surface area contributed by atoms with E-state index in [2.05, 4.69) is 44.2 Å². The van der Waals surface area contributed by atoms with Crippen LogP contribution in [0.4, 0.5) is 5.69 Å². The smallest absolute Gasteiger partial charge is 0.100 e. The average molecular weight is 257 g/mol. The SMILES string of the molecule is CCSC(=Nc1ccccc1)C1=CC=CCC1C. The van der Waals surface area contributed by atoms with E-state index in [4.69, 9.17) is 4.99 Å². The largest absolute Gasteiger partial charge is 0.242 e. The van der Waals surface area contributed by atoms with Gasteiger partial charge in [-0.25, -0.2) is 4.99 Å². The molecule has 0 bridgehead atoms. The predicted molar refractivity (Wildman–Crippen MR) is 82.7 cm³/mol. The first-order valence-electron chi connectivity index (χ1n) is 6.45. The molecule has 2 heteroatoms. The molecule has 2 rings (SSSR count). The van der Waals surface area contributed by atoms with Crippen molar-refractivity contribution in [2.45, 2.75) is 20.3 Å². The lowest BCUT2D eigenvalue weighted by Crippen LogP contribution is -2.09. The van der Waals surface area contributed by atoms with E-state index >= 15 is 0 Å². The molecule has 1 nitrogen and oxygen atoms in total. The third kappa shape index (κ3) is 3.36. The zero-order valence-electron chi connectivity index (χ0n) is 11.0. The number of benzene rings is 1. The second-order valence-electron chi connectivity index (χ2n) is 4.37. The summed E-state index contributed by atoms with van der Waals surface area (Å²) in [6.07, 6.45) is 7.69. The molecule has 18 heavy (non-hydrogen) atoms. The summed E-state index contributed by atoms with van der Waals surface area (Å²) in [6, 6.07) is 10.2. The Morgan fingerprint density at radius 3 is 2.78 bits per heavy atom. The topological polar surface area (TPSA) is 12.4 Å². The summed E-state index contributed by atoms with van der Waals surface area (Å²) in [5.41, 5.74) is 2.41. The lowest BCUT2D eigenvalue weighted by atomic mass is 9.94. The number of nitrogens with zero attached hydrogens (tertiary/aromatic N) is 1. The maximum Gasteiger partial charge on any atom is 0.100 e. The van der Waals surface area contributed by atoms with Crippen molar-refractivity contribution in [3.05, 3.63) is 54.1 Å². The summed E-state index contributed by atoms with van der Waals surface area (Å²) >= 11 is 1.83. The number of thioether (sulfide) groups is 1. The molecular formula is C16H19NS. The second kappa shape index (κ2) is 6.60. The highest BCUT2D eigenvalue weighted by molar-refractivity contribution is 8.14. The molecular weight excluding hydrogens is 238 g/mol. The van der Waals surface area contributed by atoms with Gasteiger partial charge < -0.3 is 0 Å².